The summed E-state index contributed by atoms with van der Waals surface area (Å²) in [5.41, 5.74) is 0.949. The molecule has 7 nitrogen and oxygen atoms in total. The third kappa shape index (κ3) is 4.85. The summed E-state index contributed by atoms with van der Waals surface area (Å²) in [6, 6.07) is 12.7. The number of sulfonamides is 1. The third-order valence-corrected chi connectivity index (χ3v) is 4.62. The van der Waals surface area contributed by atoms with Crippen LogP contribution < -0.4 is 14.8 Å². The van der Waals surface area contributed by atoms with Gasteiger partial charge in [-0.25, -0.2) is 8.42 Å². The first-order valence-corrected chi connectivity index (χ1v) is 8.72. The zero-order valence-electron chi connectivity index (χ0n) is 13.1. The number of hydrogen-bond acceptors (Lipinski definition) is 6. The maximum Gasteiger partial charge on any atom is 0.261 e. The Hall–Kier alpha value is -2.29. The average Bonchev–Trinajstić information content (AvgIpc) is 2.60. The average molecular weight is 352 g/mol. The quantitative estimate of drug-likeness (QED) is 0.570. The Morgan fingerprint density at radius 2 is 1.83 bits per heavy atom. The molecule has 1 unspecified atom stereocenters. The van der Waals surface area contributed by atoms with E-state index in [-0.39, 0.29) is 18.0 Å². The summed E-state index contributed by atoms with van der Waals surface area (Å²) in [6.07, 6.45) is -0.914. The minimum absolute atomic E-state index is 0.0850. The van der Waals surface area contributed by atoms with Crippen LogP contribution in [0.5, 0.6) is 5.75 Å². The van der Waals surface area contributed by atoms with Crippen molar-refractivity contribution in [3.63, 3.8) is 0 Å². The number of ether oxygens (including phenoxy) is 1. The van der Waals surface area contributed by atoms with E-state index < -0.39 is 16.1 Å². The lowest BCUT2D eigenvalue weighted by Crippen LogP contribution is -2.23. The van der Waals surface area contributed by atoms with Crippen LogP contribution in [0.1, 0.15) is 0 Å². The van der Waals surface area contributed by atoms with E-state index in [1.165, 1.54) is 19.2 Å². The smallest absolute Gasteiger partial charge is 0.261 e. The van der Waals surface area contributed by atoms with E-state index in [2.05, 4.69) is 10.0 Å². The van der Waals surface area contributed by atoms with Crippen LogP contribution in [0.4, 0.5) is 11.4 Å². The lowest BCUT2D eigenvalue weighted by atomic mass is 10.3. The molecule has 0 aliphatic carbocycles. The SMILES string of the molecule is COc1ccc(NS(=O)(=O)c2cccc(NCC(O)CO)c2)cc1. The molecule has 0 spiro atoms. The van der Waals surface area contributed by atoms with Gasteiger partial charge in [0, 0.05) is 17.9 Å². The summed E-state index contributed by atoms with van der Waals surface area (Å²) in [5.74, 6) is 0.631. The molecule has 0 heterocycles. The lowest BCUT2D eigenvalue weighted by molar-refractivity contribution is 0.105. The minimum atomic E-state index is -3.74. The largest absolute Gasteiger partial charge is 0.497 e. The van der Waals surface area contributed by atoms with E-state index >= 15 is 0 Å². The number of rotatable bonds is 8. The van der Waals surface area contributed by atoms with E-state index in [1.54, 1.807) is 36.4 Å². The van der Waals surface area contributed by atoms with Crippen LogP contribution in [0.25, 0.3) is 0 Å². The first kappa shape index (κ1) is 18.1. The molecule has 0 fully saturated rings. The highest BCUT2D eigenvalue weighted by Gasteiger charge is 2.15. The predicted molar refractivity (Wildman–Crippen MR) is 91.8 cm³/mol. The van der Waals surface area contributed by atoms with Crippen molar-refractivity contribution in [3.05, 3.63) is 48.5 Å². The first-order chi connectivity index (χ1) is 11.4. The van der Waals surface area contributed by atoms with Gasteiger partial charge in [-0.2, -0.15) is 0 Å². The summed E-state index contributed by atoms with van der Waals surface area (Å²) in [5, 5.41) is 21.0. The van der Waals surface area contributed by atoms with Crippen molar-refractivity contribution < 1.29 is 23.4 Å². The van der Waals surface area contributed by atoms with E-state index in [9.17, 15) is 13.5 Å². The molecule has 24 heavy (non-hydrogen) atoms. The van der Waals surface area contributed by atoms with Gasteiger partial charge in [0.05, 0.1) is 24.7 Å². The highest BCUT2D eigenvalue weighted by Crippen LogP contribution is 2.21. The highest BCUT2D eigenvalue weighted by atomic mass is 32.2. The number of aliphatic hydroxyl groups excluding tert-OH is 2. The van der Waals surface area contributed by atoms with Gasteiger partial charge in [0.25, 0.3) is 10.0 Å². The molecule has 2 aromatic rings. The molecule has 0 aliphatic rings. The number of anilines is 2. The molecule has 130 valence electrons. The van der Waals surface area contributed by atoms with Gasteiger partial charge in [-0.15, -0.1) is 0 Å². The number of benzene rings is 2. The Labute approximate surface area is 141 Å². The Morgan fingerprint density at radius 3 is 2.46 bits per heavy atom. The highest BCUT2D eigenvalue weighted by molar-refractivity contribution is 7.92. The molecular weight excluding hydrogens is 332 g/mol. The Morgan fingerprint density at radius 1 is 1.12 bits per heavy atom. The fourth-order valence-electron chi connectivity index (χ4n) is 1.95. The maximum atomic E-state index is 12.4. The van der Waals surface area contributed by atoms with Gasteiger partial charge in [-0.05, 0) is 42.5 Å². The zero-order valence-corrected chi connectivity index (χ0v) is 14.0. The normalized spacial score (nSPS) is 12.5. The van der Waals surface area contributed by atoms with Crippen LogP contribution in [0.15, 0.2) is 53.4 Å². The molecule has 0 radical (unpaired) electrons. The van der Waals surface area contributed by atoms with Crippen LogP contribution >= 0.6 is 0 Å². The van der Waals surface area contributed by atoms with Crippen molar-refractivity contribution in [3.8, 4) is 5.75 Å². The monoisotopic (exact) mass is 352 g/mol. The number of nitrogens with one attached hydrogen (secondary N) is 2. The fraction of sp³-hybridized carbons (Fsp3) is 0.250. The van der Waals surface area contributed by atoms with Gasteiger partial charge in [0.2, 0.25) is 0 Å². The molecule has 8 heteroatoms. The predicted octanol–water partition coefficient (Wildman–Crippen LogP) is 1.26. The van der Waals surface area contributed by atoms with Gasteiger partial charge < -0.3 is 20.3 Å². The van der Waals surface area contributed by atoms with Crippen LogP contribution in [-0.2, 0) is 10.0 Å². The second kappa shape index (κ2) is 8.00. The van der Waals surface area contributed by atoms with Crippen LogP contribution in [0.2, 0.25) is 0 Å². The van der Waals surface area contributed by atoms with Crippen molar-refractivity contribution in [2.24, 2.45) is 0 Å². The van der Waals surface area contributed by atoms with Crippen molar-refractivity contribution >= 4 is 21.4 Å². The molecule has 0 amide bonds. The van der Waals surface area contributed by atoms with Gasteiger partial charge in [0.1, 0.15) is 5.75 Å². The summed E-state index contributed by atoms with van der Waals surface area (Å²) < 4.78 is 32.4. The van der Waals surface area contributed by atoms with Crippen molar-refractivity contribution in [1.29, 1.82) is 0 Å². The summed E-state index contributed by atoms with van der Waals surface area (Å²) in [6.45, 7) is -0.254. The molecule has 0 bridgehead atoms. The number of hydrogen-bond donors (Lipinski definition) is 4. The van der Waals surface area contributed by atoms with Gasteiger partial charge in [-0.1, -0.05) is 6.07 Å². The second-order valence-corrected chi connectivity index (χ2v) is 6.76. The van der Waals surface area contributed by atoms with E-state index in [4.69, 9.17) is 9.84 Å². The van der Waals surface area contributed by atoms with Crippen LogP contribution in [0.3, 0.4) is 0 Å². The molecular formula is C16H20N2O5S. The number of aliphatic hydroxyl groups is 2. The van der Waals surface area contributed by atoms with E-state index in [1.807, 2.05) is 0 Å². The minimum Gasteiger partial charge on any atom is -0.497 e. The first-order valence-electron chi connectivity index (χ1n) is 7.24. The van der Waals surface area contributed by atoms with Gasteiger partial charge >= 0.3 is 0 Å². The van der Waals surface area contributed by atoms with E-state index in [0.29, 0.717) is 17.1 Å². The Kier molecular flexibility index (Phi) is 6.02. The van der Waals surface area contributed by atoms with Gasteiger partial charge in [0.15, 0.2) is 0 Å². The zero-order chi connectivity index (χ0) is 17.6. The topological polar surface area (TPSA) is 108 Å². The second-order valence-electron chi connectivity index (χ2n) is 5.08. The van der Waals surface area contributed by atoms with Crippen LogP contribution in [0, 0.1) is 0 Å². The van der Waals surface area contributed by atoms with Gasteiger partial charge in [-0.3, -0.25) is 4.72 Å². The van der Waals surface area contributed by atoms with E-state index in [0.717, 1.165) is 0 Å². The molecule has 0 aliphatic heterocycles. The van der Waals surface area contributed by atoms with Crippen molar-refractivity contribution in [2.45, 2.75) is 11.0 Å². The Balaban J connectivity index is 2.13. The van der Waals surface area contributed by atoms with Crippen molar-refractivity contribution in [1.82, 2.24) is 0 Å². The molecule has 2 rings (SSSR count). The molecule has 1 atom stereocenters. The fourth-order valence-corrected chi connectivity index (χ4v) is 3.05. The summed E-state index contributed by atoms with van der Waals surface area (Å²) in [7, 11) is -2.21. The summed E-state index contributed by atoms with van der Waals surface area (Å²) >= 11 is 0. The molecule has 0 aromatic heterocycles. The third-order valence-electron chi connectivity index (χ3n) is 3.24. The maximum absolute atomic E-state index is 12.4. The molecule has 4 N–H and O–H groups in total. The van der Waals surface area contributed by atoms with Crippen LogP contribution in [-0.4, -0.2) is 45.0 Å². The van der Waals surface area contributed by atoms with Crippen molar-refractivity contribution in [2.75, 3.05) is 30.3 Å². The molecule has 0 saturated carbocycles. The summed E-state index contributed by atoms with van der Waals surface area (Å²) in [4.78, 5) is 0.0850. The number of methoxy groups -OCH3 is 1. The lowest BCUT2D eigenvalue weighted by Gasteiger charge is -2.12. The Bertz CT molecular complexity index is 762. The standard InChI is InChI=1S/C16H20N2O5S/c1-23-15-7-5-12(6-8-15)18-24(21,22)16-4-2-3-13(9-16)17-10-14(20)11-19/h2-9,14,17-20H,10-11H2,1H3. The molecule has 0 saturated heterocycles. The molecule has 2 aromatic carbocycles.